The number of aromatic nitrogens is 2. The zero-order chi connectivity index (χ0) is 14.7. The highest BCUT2D eigenvalue weighted by Gasteiger charge is 2.11. The first-order chi connectivity index (χ1) is 9.49. The number of nitrogens with zero attached hydrogens (tertiary/aromatic N) is 2. The van der Waals surface area contributed by atoms with E-state index >= 15 is 0 Å². The highest BCUT2D eigenvalue weighted by atomic mass is 16.3. The number of benzene rings is 1. The van der Waals surface area contributed by atoms with Gasteiger partial charge in [-0.25, -0.2) is 9.97 Å². The molecule has 0 spiro atoms. The zero-order valence-corrected chi connectivity index (χ0v) is 11.3. The summed E-state index contributed by atoms with van der Waals surface area (Å²) in [5.74, 6) is 0.200. The number of aromatic hydroxyl groups is 2. The second-order valence-corrected chi connectivity index (χ2v) is 4.58. The van der Waals surface area contributed by atoms with Gasteiger partial charge >= 0.3 is 0 Å². The van der Waals surface area contributed by atoms with E-state index in [1.165, 1.54) is 18.5 Å². The molecule has 2 aromatic rings. The number of anilines is 1. The van der Waals surface area contributed by atoms with E-state index in [1.54, 1.807) is 6.07 Å². The van der Waals surface area contributed by atoms with E-state index in [0.717, 1.165) is 11.3 Å². The van der Waals surface area contributed by atoms with E-state index in [-0.39, 0.29) is 18.0 Å². The molecule has 6 nitrogen and oxygen atoms in total. The van der Waals surface area contributed by atoms with Crippen LogP contribution in [0, 0.1) is 13.8 Å². The molecule has 0 aliphatic heterocycles. The topological polar surface area (TPSA) is 98.5 Å². The minimum atomic E-state index is -0.823. The zero-order valence-electron chi connectivity index (χ0n) is 11.3. The van der Waals surface area contributed by atoms with Crippen LogP contribution in [0.4, 0.5) is 5.82 Å². The maximum Gasteiger partial charge on any atom is 0.157 e. The third-order valence-electron chi connectivity index (χ3n) is 3.18. The molecule has 1 atom stereocenters. The molecule has 0 saturated heterocycles. The predicted molar refractivity (Wildman–Crippen MR) is 74.7 cm³/mol. The minimum absolute atomic E-state index is 0.212. The molecule has 0 unspecified atom stereocenters. The van der Waals surface area contributed by atoms with Crippen molar-refractivity contribution in [3.8, 4) is 11.5 Å². The van der Waals surface area contributed by atoms with Crippen LogP contribution >= 0.6 is 0 Å². The van der Waals surface area contributed by atoms with Gasteiger partial charge in [0, 0.05) is 17.8 Å². The van der Waals surface area contributed by atoms with Crippen molar-refractivity contribution in [3.63, 3.8) is 0 Å². The Kier molecular flexibility index (Phi) is 4.05. The van der Waals surface area contributed by atoms with E-state index in [9.17, 15) is 15.3 Å². The van der Waals surface area contributed by atoms with Gasteiger partial charge in [-0.15, -0.1) is 0 Å². The number of nitrogens with one attached hydrogen (secondary N) is 1. The molecule has 106 valence electrons. The molecule has 0 bridgehead atoms. The molecule has 1 aromatic carbocycles. The van der Waals surface area contributed by atoms with Crippen LogP contribution in [0.5, 0.6) is 11.5 Å². The fourth-order valence-corrected chi connectivity index (χ4v) is 1.78. The van der Waals surface area contributed by atoms with Crippen LogP contribution < -0.4 is 5.32 Å². The standard InChI is InChI=1S/C14H17N3O3/c1-8-9(2)16-7-17-14(8)15-6-13(20)10-3-4-11(18)12(19)5-10/h3-5,7,13,18-20H,6H2,1-2H3,(H,15,16,17)/t13-/m1/s1. The summed E-state index contributed by atoms with van der Waals surface area (Å²) in [7, 11) is 0. The molecule has 0 saturated carbocycles. The van der Waals surface area contributed by atoms with Gasteiger partial charge in [0.25, 0.3) is 0 Å². The lowest BCUT2D eigenvalue weighted by Gasteiger charge is -2.15. The Labute approximate surface area is 116 Å². The molecule has 0 radical (unpaired) electrons. The molecule has 0 aliphatic carbocycles. The lowest BCUT2D eigenvalue weighted by Crippen LogP contribution is -2.14. The Bertz CT molecular complexity index is 617. The number of hydrogen-bond donors (Lipinski definition) is 4. The Hall–Kier alpha value is -2.34. The van der Waals surface area contributed by atoms with Crippen molar-refractivity contribution in [2.75, 3.05) is 11.9 Å². The first kappa shape index (κ1) is 14.1. The highest BCUT2D eigenvalue weighted by molar-refractivity contribution is 5.45. The van der Waals surface area contributed by atoms with Crippen molar-refractivity contribution in [2.45, 2.75) is 20.0 Å². The van der Waals surface area contributed by atoms with Crippen molar-refractivity contribution in [2.24, 2.45) is 0 Å². The molecule has 1 heterocycles. The van der Waals surface area contributed by atoms with Crippen molar-refractivity contribution >= 4 is 5.82 Å². The average molecular weight is 275 g/mol. The van der Waals surface area contributed by atoms with Crippen LogP contribution in [0.2, 0.25) is 0 Å². The minimum Gasteiger partial charge on any atom is -0.504 e. The van der Waals surface area contributed by atoms with Gasteiger partial charge in [-0.1, -0.05) is 6.07 Å². The summed E-state index contributed by atoms with van der Waals surface area (Å²) in [4.78, 5) is 8.19. The van der Waals surface area contributed by atoms with Gasteiger partial charge < -0.3 is 20.6 Å². The number of aryl methyl sites for hydroxylation is 1. The van der Waals surface area contributed by atoms with Crippen LogP contribution in [0.15, 0.2) is 24.5 Å². The second kappa shape index (κ2) is 5.75. The fraction of sp³-hybridized carbons (Fsp3) is 0.286. The number of aliphatic hydroxyl groups is 1. The maximum atomic E-state index is 10.1. The van der Waals surface area contributed by atoms with E-state index < -0.39 is 6.10 Å². The van der Waals surface area contributed by atoms with Gasteiger partial charge in [0.1, 0.15) is 12.1 Å². The number of hydrogen-bond acceptors (Lipinski definition) is 6. The highest BCUT2D eigenvalue weighted by Crippen LogP contribution is 2.28. The van der Waals surface area contributed by atoms with Gasteiger partial charge in [-0.3, -0.25) is 0 Å². The summed E-state index contributed by atoms with van der Waals surface area (Å²) in [6, 6.07) is 4.23. The molecule has 4 N–H and O–H groups in total. The summed E-state index contributed by atoms with van der Waals surface area (Å²) in [6.45, 7) is 4.02. The normalized spacial score (nSPS) is 12.2. The van der Waals surface area contributed by atoms with Crippen molar-refractivity contribution < 1.29 is 15.3 Å². The molecular weight excluding hydrogens is 258 g/mol. The van der Waals surface area contributed by atoms with E-state index in [4.69, 9.17) is 0 Å². The van der Waals surface area contributed by atoms with Gasteiger partial charge in [-0.2, -0.15) is 0 Å². The number of rotatable bonds is 4. The van der Waals surface area contributed by atoms with Crippen LogP contribution in [0.1, 0.15) is 22.9 Å². The molecule has 6 heteroatoms. The van der Waals surface area contributed by atoms with Crippen molar-refractivity contribution in [1.29, 1.82) is 0 Å². The molecular formula is C14H17N3O3. The van der Waals surface area contributed by atoms with Gasteiger partial charge in [-0.05, 0) is 31.5 Å². The molecule has 1 aromatic heterocycles. The molecule has 20 heavy (non-hydrogen) atoms. The van der Waals surface area contributed by atoms with E-state index in [2.05, 4.69) is 15.3 Å². The van der Waals surface area contributed by atoms with Crippen LogP contribution in [-0.2, 0) is 0 Å². The summed E-state index contributed by atoms with van der Waals surface area (Å²) < 4.78 is 0. The van der Waals surface area contributed by atoms with Crippen LogP contribution in [0.25, 0.3) is 0 Å². The average Bonchev–Trinajstić information content (AvgIpc) is 2.43. The van der Waals surface area contributed by atoms with Crippen LogP contribution in [-0.4, -0.2) is 31.8 Å². The lowest BCUT2D eigenvalue weighted by atomic mass is 10.1. The fourth-order valence-electron chi connectivity index (χ4n) is 1.78. The second-order valence-electron chi connectivity index (χ2n) is 4.58. The molecule has 0 amide bonds. The summed E-state index contributed by atoms with van der Waals surface area (Å²) >= 11 is 0. The van der Waals surface area contributed by atoms with Crippen LogP contribution in [0.3, 0.4) is 0 Å². The Morgan fingerprint density at radius 2 is 1.90 bits per heavy atom. The molecule has 0 aliphatic rings. The Balaban J connectivity index is 2.06. The molecule has 2 rings (SSSR count). The van der Waals surface area contributed by atoms with E-state index in [0.29, 0.717) is 11.4 Å². The lowest BCUT2D eigenvalue weighted by molar-refractivity contribution is 0.191. The monoisotopic (exact) mass is 275 g/mol. The van der Waals surface area contributed by atoms with Crippen molar-refractivity contribution in [3.05, 3.63) is 41.3 Å². The van der Waals surface area contributed by atoms with E-state index in [1.807, 2.05) is 13.8 Å². The summed E-state index contributed by atoms with van der Waals surface area (Å²) in [5.41, 5.74) is 2.31. The molecule has 0 fully saturated rings. The van der Waals surface area contributed by atoms with Crippen molar-refractivity contribution in [1.82, 2.24) is 9.97 Å². The smallest absolute Gasteiger partial charge is 0.157 e. The summed E-state index contributed by atoms with van der Waals surface area (Å²) in [6.07, 6.45) is 0.639. The Morgan fingerprint density at radius 1 is 1.15 bits per heavy atom. The quantitative estimate of drug-likeness (QED) is 0.633. The predicted octanol–water partition coefficient (Wildman–Crippen LogP) is 1.65. The Morgan fingerprint density at radius 3 is 2.60 bits per heavy atom. The number of phenolic OH excluding ortho intramolecular Hbond substituents is 2. The van der Waals surface area contributed by atoms with Gasteiger partial charge in [0.15, 0.2) is 11.5 Å². The largest absolute Gasteiger partial charge is 0.504 e. The first-order valence-electron chi connectivity index (χ1n) is 6.21. The third-order valence-corrected chi connectivity index (χ3v) is 3.18. The third kappa shape index (κ3) is 2.97. The van der Waals surface area contributed by atoms with Gasteiger partial charge in [0.05, 0.1) is 6.10 Å². The number of aliphatic hydroxyl groups excluding tert-OH is 1. The summed E-state index contributed by atoms with van der Waals surface area (Å²) in [5, 5.41) is 31.7. The maximum absolute atomic E-state index is 10.1. The van der Waals surface area contributed by atoms with Gasteiger partial charge in [0.2, 0.25) is 0 Å². The SMILES string of the molecule is Cc1ncnc(NC[C@@H](O)c2ccc(O)c(O)c2)c1C. The number of phenols is 2. The first-order valence-corrected chi connectivity index (χ1v) is 6.21.